The van der Waals surface area contributed by atoms with Gasteiger partial charge in [0.1, 0.15) is 29.1 Å². The molecule has 0 aliphatic heterocycles. The van der Waals surface area contributed by atoms with E-state index in [0.29, 0.717) is 11.0 Å². The molecule has 0 N–H and O–H groups in total. The van der Waals surface area contributed by atoms with Gasteiger partial charge in [-0.2, -0.15) is 0 Å². The van der Waals surface area contributed by atoms with E-state index >= 15 is 0 Å². The van der Waals surface area contributed by atoms with Crippen molar-refractivity contribution in [2.24, 2.45) is 0 Å². The van der Waals surface area contributed by atoms with Gasteiger partial charge in [0.25, 0.3) is 0 Å². The number of para-hydroxylation sites is 2. The molecule has 4 aromatic rings. The summed E-state index contributed by atoms with van der Waals surface area (Å²) in [6.45, 7) is 0.0266. The van der Waals surface area contributed by atoms with Crippen molar-refractivity contribution in [3.63, 3.8) is 0 Å². The maximum absolute atomic E-state index is 14.3. The van der Waals surface area contributed by atoms with E-state index in [9.17, 15) is 17.6 Å². The molecule has 0 saturated heterocycles. The Labute approximate surface area is 146 Å². The highest BCUT2D eigenvalue weighted by molar-refractivity contribution is 5.80. The minimum Gasteiger partial charge on any atom is -0.319 e. The van der Waals surface area contributed by atoms with Crippen LogP contribution in [0.1, 0.15) is 5.56 Å². The van der Waals surface area contributed by atoms with Gasteiger partial charge in [0.15, 0.2) is 0 Å². The molecular formula is C20H12F4N2. The van der Waals surface area contributed by atoms with E-state index in [2.05, 4.69) is 4.98 Å². The Morgan fingerprint density at radius 1 is 0.769 bits per heavy atom. The van der Waals surface area contributed by atoms with Crippen LogP contribution in [-0.2, 0) is 6.54 Å². The smallest absolute Gasteiger partial charge is 0.144 e. The number of halogens is 4. The Kier molecular flexibility index (Phi) is 3.95. The summed E-state index contributed by atoms with van der Waals surface area (Å²) in [5.41, 5.74) is 1.59. The maximum atomic E-state index is 14.3. The molecule has 0 aliphatic rings. The van der Waals surface area contributed by atoms with E-state index in [1.54, 1.807) is 28.8 Å². The first-order valence-electron chi connectivity index (χ1n) is 7.87. The third kappa shape index (κ3) is 2.83. The van der Waals surface area contributed by atoms with E-state index in [0.717, 1.165) is 24.3 Å². The number of rotatable bonds is 3. The Morgan fingerprint density at radius 3 is 2.19 bits per heavy atom. The van der Waals surface area contributed by atoms with Gasteiger partial charge in [0.2, 0.25) is 0 Å². The number of benzene rings is 3. The molecule has 0 saturated carbocycles. The summed E-state index contributed by atoms with van der Waals surface area (Å²) in [6, 6.07) is 13.6. The number of hydrogen-bond donors (Lipinski definition) is 0. The highest BCUT2D eigenvalue weighted by atomic mass is 19.1. The molecule has 6 heteroatoms. The van der Waals surface area contributed by atoms with E-state index in [-0.39, 0.29) is 23.5 Å². The van der Waals surface area contributed by atoms with E-state index < -0.39 is 23.3 Å². The first kappa shape index (κ1) is 16.3. The van der Waals surface area contributed by atoms with Gasteiger partial charge in [0.05, 0.1) is 23.1 Å². The minimum atomic E-state index is -0.763. The highest BCUT2D eigenvalue weighted by Crippen LogP contribution is 2.28. The summed E-state index contributed by atoms with van der Waals surface area (Å²) < 4.78 is 56.5. The van der Waals surface area contributed by atoms with Crippen molar-refractivity contribution in [2.75, 3.05) is 0 Å². The fourth-order valence-corrected chi connectivity index (χ4v) is 2.93. The van der Waals surface area contributed by atoms with Crippen molar-refractivity contribution in [1.82, 2.24) is 9.55 Å². The molecular weight excluding hydrogens is 344 g/mol. The lowest BCUT2D eigenvalue weighted by atomic mass is 10.1. The molecule has 0 fully saturated rings. The van der Waals surface area contributed by atoms with E-state index in [4.69, 9.17) is 0 Å². The van der Waals surface area contributed by atoms with Crippen molar-refractivity contribution in [1.29, 1.82) is 0 Å². The number of aromatic nitrogens is 2. The molecule has 3 aromatic carbocycles. The van der Waals surface area contributed by atoms with E-state index in [1.807, 2.05) is 0 Å². The van der Waals surface area contributed by atoms with Gasteiger partial charge in [-0.25, -0.2) is 22.5 Å². The van der Waals surface area contributed by atoms with Gasteiger partial charge < -0.3 is 4.57 Å². The van der Waals surface area contributed by atoms with Crippen molar-refractivity contribution in [3.8, 4) is 11.4 Å². The van der Waals surface area contributed by atoms with Crippen LogP contribution in [0.2, 0.25) is 0 Å². The fourth-order valence-electron chi connectivity index (χ4n) is 2.93. The molecule has 1 aromatic heterocycles. The van der Waals surface area contributed by atoms with Gasteiger partial charge in [-0.15, -0.1) is 0 Å². The van der Waals surface area contributed by atoms with Crippen LogP contribution in [-0.4, -0.2) is 9.55 Å². The van der Waals surface area contributed by atoms with Gasteiger partial charge in [0, 0.05) is 17.7 Å². The molecule has 0 atom stereocenters. The zero-order chi connectivity index (χ0) is 18.3. The first-order chi connectivity index (χ1) is 12.5. The average molecular weight is 356 g/mol. The van der Waals surface area contributed by atoms with Crippen molar-refractivity contribution >= 4 is 11.0 Å². The average Bonchev–Trinajstić information content (AvgIpc) is 2.96. The van der Waals surface area contributed by atoms with Crippen LogP contribution in [0.5, 0.6) is 0 Å². The van der Waals surface area contributed by atoms with Crippen LogP contribution in [0.4, 0.5) is 17.6 Å². The van der Waals surface area contributed by atoms with Crippen LogP contribution < -0.4 is 0 Å². The van der Waals surface area contributed by atoms with Crippen molar-refractivity contribution in [2.45, 2.75) is 6.54 Å². The quantitative estimate of drug-likeness (QED) is 0.455. The summed E-state index contributed by atoms with van der Waals surface area (Å²) in [7, 11) is 0. The lowest BCUT2D eigenvalue weighted by Gasteiger charge is -2.11. The molecule has 0 bridgehead atoms. The zero-order valence-electron chi connectivity index (χ0n) is 13.4. The second kappa shape index (κ2) is 6.29. The number of hydrogen-bond acceptors (Lipinski definition) is 1. The summed E-state index contributed by atoms with van der Waals surface area (Å²) >= 11 is 0. The SMILES string of the molecule is Fc1ccc(Cn2c(-c3ccc(F)cc3F)nc3ccccc32)c(F)c1. The molecule has 0 radical (unpaired) electrons. The van der Waals surface area contributed by atoms with E-state index in [1.165, 1.54) is 12.1 Å². The minimum absolute atomic E-state index is 0.0266. The molecule has 2 nitrogen and oxygen atoms in total. The summed E-state index contributed by atoms with van der Waals surface area (Å²) in [5, 5.41) is 0. The summed E-state index contributed by atoms with van der Waals surface area (Å²) in [6.07, 6.45) is 0. The Hall–Kier alpha value is -3.15. The molecule has 1 heterocycles. The van der Waals surface area contributed by atoms with Crippen LogP contribution in [0.15, 0.2) is 60.7 Å². The molecule has 0 amide bonds. The maximum Gasteiger partial charge on any atom is 0.144 e. The van der Waals surface area contributed by atoms with Crippen molar-refractivity contribution in [3.05, 3.63) is 89.5 Å². The van der Waals surface area contributed by atoms with Crippen LogP contribution in [0.3, 0.4) is 0 Å². The van der Waals surface area contributed by atoms with Crippen LogP contribution in [0, 0.1) is 23.3 Å². The topological polar surface area (TPSA) is 17.8 Å². The predicted molar refractivity (Wildman–Crippen MR) is 90.5 cm³/mol. The van der Waals surface area contributed by atoms with Gasteiger partial charge in [-0.3, -0.25) is 0 Å². The predicted octanol–water partition coefficient (Wildman–Crippen LogP) is 5.31. The number of nitrogens with zero attached hydrogens (tertiary/aromatic N) is 2. The number of fused-ring (bicyclic) bond motifs is 1. The molecule has 130 valence electrons. The summed E-state index contributed by atoms with van der Waals surface area (Å²) in [4.78, 5) is 4.42. The number of imidazole rings is 1. The third-order valence-corrected chi connectivity index (χ3v) is 4.17. The second-order valence-electron chi connectivity index (χ2n) is 5.87. The third-order valence-electron chi connectivity index (χ3n) is 4.17. The molecule has 4 rings (SSSR count). The van der Waals surface area contributed by atoms with Crippen LogP contribution >= 0.6 is 0 Å². The molecule has 0 spiro atoms. The summed E-state index contributed by atoms with van der Waals surface area (Å²) in [5.74, 6) is -2.59. The fraction of sp³-hybridized carbons (Fsp3) is 0.0500. The molecule has 0 aliphatic carbocycles. The zero-order valence-corrected chi connectivity index (χ0v) is 13.4. The van der Waals surface area contributed by atoms with Gasteiger partial charge in [-0.1, -0.05) is 18.2 Å². The van der Waals surface area contributed by atoms with Gasteiger partial charge in [-0.05, 0) is 30.3 Å². The van der Waals surface area contributed by atoms with Crippen molar-refractivity contribution < 1.29 is 17.6 Å². The molecule has 0 unspecified atom stereocenters. The Morgan fingerprint density at radius 2 is 1.46 bits per heavy atom. The lowest BCUT2D eigenvalue weighted by molar-refractivity contribution is 0.567. The molecule has 26 heavy (non-hydrogen) atoms. The monoisotopic (exact) mass is 356 g/mol. The normalized spacial score (nSPS) is 11.2. The Bertz CT molecular complexity index is 1120. The lowest BCUT2D eigenvalue weighted by Crippen LogP contribution is -2.05. The standard InChI is InChI=1S/C20H12F4N2/c21-13-6-5-12(16(23)9-13)11-26-19-4-2-1-3-18(19)25-20(26)15-8-7-14(22)10-17(15)24/h1-10H,11H2. The highest BCUT2D eigenvalue weighted by Gasteiger charge is 2.17. The second-order valence-corrected chi connectivity index (χ2v) is 5.87. The Balaban J connectivity index is 1.92. The first-order valence-corrected chi connectivity index (χ1v) is 7.87. The van der Waals surface area contributed by atoms with Gasteiger partial charge >= 0.3 is 0 Å². The largest absolute Gasteiger partial charge is 0.319 e. The van der Waals surface area contributed by atoms with Crippen LogP contribution in [0.25, 0.3) is 22.4 Å².